The Morgan fingerprint density at radius 2 is 1.89 bits per heavy atom. The van der Waals surface area contributed by atoms with Crippen LogP contribution < -0.4 is 15.2 Å². The molecule has 2 N–H and O–H groups in total. The van der Waals surface area contributed by atoms with Gasteiger partial charge in [0.05, 0.1) is 11.8 Å². The molecule has 1 unspecified atom stereocenters. The standard InChI is InChI=1S/C12H16F3NO2/c1-3-4-7(2)17-11-6-10(18-12(14)15)8(13)5-9(11)16/h5-7,12H,3-4,16H2,1-2H3. The lowest BCUT2D eigenvalue weighted by atomic mass is 10.2. The third-order valence-electron chi connectivity index (χ3n) is 2.30. The number of anilines is 1. The molecule has 0 saturated heterocycles. The number of ether oxygens (including phenoxy) is 2. The van der Waals surface area contributed by atoms with Gasteiger partial charge in [0.25, 0.3) is 0 Å². The van der Waals surface area contributed by atoms with Gasteiger partial charge < -0.3 is 15.2 Å². The number of halogens is 3. The molecule has 1 aromatic carbocycles. The highest BCUT2D eigenvalue weighted by Crippen LogP contribution is 2.32. The molecule has 0 aliphatic rings. The number of nitrogen functional groups attached to an aromatic ring is 1. The number of hydrogen-bond donors (Lipinski definition) is 1. The zero-order valence-electron chi connectivity index (χ0n) is 10.3. The largest absolute Gasteiger partial charge is 0.488 e. The Hall–Kier alpha value is -1.59. The maximum absolute atomic E-state index is 13.3. The van der Waals surface area contributed by atoms with Crippen LogP contribution in [0.5, 0.6) is 11.5 Å². The van der Waals surface area contributed by atoms with Gasteiger partial charge in [-0.1, -0.05) is 13.3 Å². The molecule has 0 radical (unpaired) electrons. The van der Waals surface area contributed by atoms with Crippen LogP contribution in [0.4, 0.5) is 18.9 Å². The first kappa shape index (κ1) is 14.5. The number of hydrogen-bond acceptors (Lipinski definition) is 3. The van der Waals surface area contributed by atoms with Crippen molar-refractivity contribution in [1.29, 1.82) is 0 Å². The predicted octanol–water partition coefficient (Wildman–Crippen LogP) is 3.58. The van der Waals surface area contributed by atoms with Gasteiger partial charge in [-0.15, -0.1) is 0 Å². The minimum Gasteiger partial charge on any atom is -0.488 e. The van der Waals surface area contributed by atoms with Crippen LogP contribution in [0, 0.1) is 5.82 Å². The molecule has 0 amide bonds. The van der Waals surface area contributed by atoms with E-state index in [2.05, 4.69) is 4.74 Å². The lowest BCUT2D eigenvalue weighted by Gasteiger charge is -2.16. The minimum atomic E-state index is -3.09. The van der Waals surface area contributed by atoms with Crippen molar-refractivity contribution in [2.45, 2.75) is 39.4 Å². The summed E-state index contributed by atoms with van der Waals surface area (Å²) in [7, 11) is 0. The fraction of sp³-hybridized carbons (Fsp3) is 0.500. The van der Waals surface area contributed by atoms with E-state index in [9.17, 15) is 13.2 Å². The van der Waals surface area contributed by atoms with E-state index in [1.807, 2.05) is 13.8 Å². The van der Waals surface area contributed by atoms with E-state index in [1.165, 1.54) is 0 Å². The molecule has 0 aliphatic heterocycles. The van der Waals surface area contributed by atoms with Gasteiger partial charge in [-0.05, 0) is 13.3 Å². The van der Waals surface area contributed by atoms with Gasteiger partial charge in [0.2, 0.25) is 0 Å². The molecule has 0 fully saturated rings. The molecule has 3 nitrogen and oxygen atoms in total. The fourth-order valence-electron chi connectivity index (χ4n) is 1.52. The molecule has 0 bridgehead atoms. The van der Waals surface area contributed by atoms with Crippen LogP contribution in [0.15, 0.2) is 12.1 Å². The van der Waals surface area contributed by atoms with Crippen molar-refractivity contribution in [3.05, 3.63) is 17.9 Å². The smallest absolute Gasteiger partial charge is 0.387 e. The summed E-state index contributed by atoms with van der Waals surface area (Å²) >= 11 is 0. The molecular formula is C12H16F3NO2. The molecule has 0 heterocycles. The summed E-state index contributed by atoms with van der Waals surface area (Å²) in [5, 5.41) is 0. The Morgan fingerprint density at radius 1 is 1.22 bits per heavy atom. The molecule has 6 heteroatoms. The van der Waals surface area contributed by atoms with E-state index in [4.69, 9.17) is 10.5 Å². The maximum atomic E-state index is 13.3. The van der Waals surface area contributed by atoms with Crippen LogP contribution in [0.2, 0.25) is 0 Å². The molecule has 0 saturated carbocycles. The Balaban J connectivity index is 2.90. The molecule has 0 aliphatic carbocycles. The number of rotatable bonds is 6. The van der Waals surface area contributed by atoms with Gasteiger partial charge in [0.1, 0.15) is 5.75 Å². The zero-order chi connectivity index (χ0) is 13.7. The summed E-state index contributed by atoms with van der Waals surface area (Å²) in [5.74, 6) is -1.37. The lowest BCUT2D eigenvalue weighted by Crippen LogP contribution is -2.13. The minimum absolute atomic E-state index is 0.0528. The number of benzene rings is 1. The van der Waals surface area contributed by atoms with Crippen LogP contribution in [0.1, 0.15) is 26.7 Å². The second kappa shape index (κ2) is 6.37. The van der Waals surface area contributed by atoms with Crippen LogP contribution in [0.25, 0.3) is 0 Å². The first-order chi connectivity index (χ1) is 8.43. The maximum Gasteiger partial charge on any atom is 0.387 e. The van der Waals surface area contributed by atoms with Crippen molar-refractivity contribution < 1.29 is 22.6 Å². The molecule has 18 heavy (non-hydrogen) atoms. The monoisotopic (exact) mass is 263 g/mol. The van der Waals surface area contributed by atoms with Crippen LogP contribution in [-0.2, 0) is 0 Å². The topological polar surface area (TPSA) is 44.5 Å². The van der Waals surface area contributed by atoms with Crippen molar-refractivity contribution in [3.8, 4) is 11.5 Å². The van der Waals surface area contributed by atoms with Gasteiger partial charge in [-0.2, -0.15) is 8.78 Å². The van der Waals surface area contributed by atoms with Gasteiger partial charge in [-0.3, -0.25) is 0 Å². The predicted molar refractivity (Wildman–Crippen MR) is 62.4 cm³/mol. The molecule has 1 rings (SSSR count). The zero-order valence-corrected chi connectivity index (χ0v) is 10.3. The van der Waals surface area contributed by atoms with Crippen molar-refractivity contribution >= 4 is 5.69 Å². The van der Waals surface area contributed by atoms with Crippen molar-refractivity contribution in [3.63, 3.8) is 0 Å². The van der Waals surface area contributed by atoms with E-state index in [-0.39, 0.29) is 17.5 Å². The Labute approximate surface area is 104 Å². The second-order valence-electron chi connectivity index (χ2n) is 3.92. The molecular weight excluding hydrogens is 247 g/mol. The average Bonchev–Trinajstić information content (AvgIpc) is 2.24. The van der Waals surface area contributed by atoms with E-state index >= 15 is 0 Å². The van der Waals surface area contributed by atoms with Crippen LogP contribution in [0.3, 0.4) is 0 Å². The fourth-order valence-corrected chi connectivity index (χ4v) is 1.52. The van der Waals surface area contributed by atoms with Gasteiger partial charge in [0, 0.05) is 12.1 Å². The highest BCUT2D eigenvalue weighted by Gasteiger charge is 2.15. The van der Waals surface area contributed by atoms with Crippen LogP contribution >= 0.6 is 0 Å². The van der Waals surface area contributed by atoms with Crippen LogP contribution in [-0.4, -0.2) is 12.7 Å². The number of nitrogens with two attached hydrogens (primary N) is 1. The SMILES string of the molecule is CCCC(C)Oc1cc(OC(F)F)c(F)cc1N. The molecule has 102 valence electrons. The highest BCUT2D eigenvalue weighted by atomic mass is 19.3. The molecule has 0 aromatic heterocycles. The summed E-state index contributed by atoms with van der Waals surface area (Å²) in [6, 6.07) is 1.95. The normalized spacial score (nSPS) is 12.6. The highest BCUT2D eigenvalue weighted by molar-refractivity contribution is 5.56. The third-order valence-corrected chi connectivity index (χ3v) is 2.30. The summed E-state index contributed by atoms with van der Waals surface area (Å²) in [4.78, 5) is 0. The first-order valence-electron chi connectivity index (χ1n) is 5.64. The average molecular weight is 263 g/mol. The quantitative estimate of drug-likeness (QED) is 0.798. The van der Waals surface area contributed by atoms with Crippen molar-refractivity contribution in [1.82, 2.24) is 0 Å². The summed E-state index contributed by atoms with van der Waals surface area (Å²) in [6.45, 7) is 0.711. The van der Waals surface area contributed by atoms with E-state index in [0.29, 0.717) is 0 Å². The summed E-state index contributed by atoms with van der Waals surface area (Å²) in [6.07, 6.45) is 1.55. The lowest BCUT2D eigenvalue weighted by molar-refractivity contribution is -0.0523. The van der Waals surface area contributed by atoms with Gasteiger partial charge >= 0.3 is 6.61 Å². The van der Waals surface area contributed by atoms with E-state index < -0.39 is 18.2 Å². The van der Waals surface area contributed by atoms with E-state index in [0.717, 1.165) is 25.0 Å². The summed E-state index contributed by atoms with van der Waals surface area (Å²) < 4.78 is 46.9. The Kier molecular flexibility index (Phi) is 5.12. The first-order valence-corrected chi connectivity index (χ1v) is 5.64. The number of alkyl halides is 2. The second-order valence-corrected chi connectivity index (χ2v) is 3.92. The third kappa shape index (κ3) is 4.01. The van der Waals surface area contributed by atoms with E-state index in [1.54, 1.807) is 0 Å². The van der Waals surface area contributed by atoms with Gasteiger partial charge in [-0.25, -0.2) is 4.39 Å². The molecule has 1 atom stereocenters. The molecule has 1 aromatic rings. The molecule has 0 spiro atoms. The Bertz CT molecular complexity index is 399. The Morgan fingerprint density at radius 3 is 2.44 bits per heavy atom. The van der Waals surface area contributed by atoms with Gasteiger partial charge in [0.15, 0.2) is 11.6 Å². The summed E-state index contributed by atoms with van der Waals surface area (Å²) in [5.41, 5.74) is 5.61. The van der Waals surface area contributed by atoms with Crippen molar-refractivity contribution in [2.75, 3.05) is 5.73 Å². The van der Waals surface area contributed by atoms with Crippen molar-refractivity contribution in [2.24, 2.45) is 0 Å².